The molecule has 6 heteroatoms. The Balaban J connectivity index is 1.75. The number of nitrogen functional groups attached to an aromatic ring is 1. The maximum absolute atomic E-state index is 6.68. The van der Waals surface area contributed by atoms with E-state index in [4.69, 9.17) is 14.9 Å². The Morgan fingerprint density at radius 3 is 2.72 bits per heavy atom. The molecule has 3 heterocycles. The van der Waals surface area contributed by atoms with E-state index >= 15 is 0 Å². The molecule has 0 amide bonds. The van der Waals surface area contributed by atoms with E-state index in [0.29, 0.717) is 11.7 Å². The average molecular weight is 388 g/mol. The van der Waals surface area contributed by atoms with Crippen LogP contribution in [-0.4, -0.2) is 25.6 Å². The minimum atomic E-state index is -0.179. The number of nitrogens with zero attached hydrogens (tertiary/aromatic N) is 2. The van der Waals surface area contributed by atoms with Crippen LogP contribution in [0.15, 0.2) is 65.5 Å². The third kappa shape index (κ3) is 2.93. The molecule has 0 saturated heterocycles. The summed E-state index contributed by atoms with van der Waals surface area (Å²) in [4.78, 5) is 5.96. The van der Waals surface area contributed by atoms with E-state index in [-0.39, 0.29) is 5.92 Å². The molecule has 0 unspecified atom stereocenters. The predicted molar refractivity (Wildman–Crippen MR) is 110 cm³/mol. The number of hydrogen-bond donors (Lipinski definition) is 2. The van der Waals surface area contributed by atoms with Gasteiger partial charge in [0.05, 0.1) is 26.3 Å². The molecule has 0 bridgehead atoms. The third-order valence-corrected chi connectivity index (χ3v) is 5.53. The zero-order chi connectivity index (χ0) is 20.0. The van der Waals surface area contributed by atoms with Gasteiger partial charge in [0.2, 0.25) is 12.1 Å². The van der Waals surface area contributed by atoms with Gasteiger partial charge in [0.15, 0.2) is 0 Å². The smallest absolute Gasteiger partial charge is 0.306 e. The van der Waals surface area contributed by atoms with Crippen LogP contribution >= 0.6 is 0 Å². The second-order valence-corrected chi connectivity index (χ2v) is 7.75. The van der Waals surface area contributed by atoms with Gasteiger partial charge < -0.3 is 19.8 Å². The minimum Gasteiger partial charge on any atom is -0.468 e. The van der Waals surface area contributed by atoms with E-state index < -0.39 is 0 Å². The van der Waals surface area contributed by atoms with Gasteiger partial charge in [-0.2, -0.15) is 0 Å². The number of ether oxygens (including phenoxy) is 1. The highest BCUT2D eigenvalue weighted by Crippen LogP contribution is 2.50. The van der Waals surface area contributed by atoms with Crippen molar-refractivity contribution in [2.75, 3.05) is 26.4 Å². The molecule has 2 aromatic carbocycles. The molecule has 1 aliphatic rings. The Morgan fingerprint density at radius 2 is 1.93 bits per heavy atom. The normalized spacial score (nSPS) is 15.2. The first-order valence-corrected chi connectivity index (χ1v) is 9.83. The Labute approximate surface area is 169 Å². The van der Waals surface area contributed by atoms with Crippen molar-refractivity contribution in [2.24, 2.45) is 0 Å². The average Bonchev–Trinajstić information content (AvgIpc) is 3.26. The van der Waals surface area contributed by atoms with E-state index in [1.54, 1.807) is 12.6 Å². The van der Waals surface area contributed by atoms with Crippen LogP contribution in [0.2, 0.25) is 0 Å². The molecule has 2 aromatic heterocycles. The molecule has 29 heavy (non-hydrogen) atoms. The molecule has 146 valence electrons. The van der Waals surface area contributed by atoms with Crippen LogP contribution in [0.5, 0.6) is 11.6 Å². The molecule has 0 aliphatic carbocycles. The molecular weight excluding hydrogens is 364 g/mol. The number of hydrogen-bond acceptors (Lipinski definition) is 4. The topological polar surface area (TPSA) is 69.6 Å². The SMILES string of the molecule is C[NH+](C)CC[n+]1cnc2c(c1N)[C@@H](c1ccco1)c1c(ccc3ccccc13)O2. The first-order valence-electron chi connectivity index (χ1n) is 9.83. The Bertz CT molecular complexity index is 1190. The van der Waals surface area contributed by atoms with E-state index in [0.717, 1.165) is 46.5 Å². The summed E-state index contributed by atoms with van der Waals surface area (Å²) >= 11 is 0. The van der Waals surface area contributed by atoms with Crippen LogP contribution in [0.25, 0.3) is 10.8 Å². The highest BCUT2D eigenvalue weighted by Gasteiger charge is 2.38. The predicted octanol–water partition coefficient (Wildman–Crippen LogP) is 2.13. The fourth-order valence-corrected chi connectivity index (χ4v) is 4.04. The highest BCUT2D eigenvalue weighted by atomic mass is 16.5. The van der Waals surface area contributed by atoms with Crippen molar-refractivity contribution in [1.82, 2.24) is 4.98 Å². The number of aromatic nitrogens is 2. The van der Waals surface area contributed by atoms with Crippen LogP contribution < -0.4 is 19.9 Å². The van der Waals surface area contributed by atoms with Gasteiger partial charge in [0.25, 0.3) is 0 Å². The maximum atomic E-state index is 6.68. The number of furan rings is 1. The number of benzene rings is 2. The van der Waals surface area contributed by atoms with E-state index in [1.807, 2.05) is 34.9 Å². The van der Waals surface area contributed by atoms with Gasteiger partial charge in [0.1, 0.15) is 30.2 Å². The first kappa shape index (κ1) is 17.7. The molecule has 1 atom stereocenters. The standard InChI is InChI=1S/C23H22N4O2/c1-26(2)11-12-27-14-25-23-21(22(27)24)20(17-8-5-13-28-17)19-16-7-4-3-6-15(16)9-10-18(19)29-23/h3-10,13-14,20,24H,11-12H2,1-2H3/p+2/t20-/m0/s1. The maximum Gasteiger partial charge on any atom is 0.306 e. The molecular formula is C23H24N4O2+2. The summed E-state index contributed by atoms with van der Waals surface area (Å²) in [6, 6.07) is 16.3. The largest absolute Gasteiger partial charge is 0.468 e. The van der Waals surface area contributed by atoms with Crippen LogP contribution in [0.4, 0.5) is 5.82 Å². The number of rotatable bonds is 4. The zero-order valence-electron chi connectivity index (χ0n) is 16.6. The number of nitrogens with one attached hydrogen (secondary N) is 1. The number of likely N-dealkylation sites (N-methyl/N-ethyl adjacent to an activating group) is 1. The summed E-state index contributed by atoms with van der Waals surface area (Å²) < 4.78 is 14.1. The van der Waals surface area contributed by atoms with Crippen molar-refractivity contribution in [3.63, 3.8) is 0 Å². The van der Waals surface area contributed by atoms with Gasteiger partial charge in [-0.25, -0.2) is 4.57 Å². The molecule has 0 saturated carbocycles. The van der Waals surface area contributed by atoms with E-state index in [2.05, 4.69) is 37.3 Å². The van der Waals surface area contributed by atoms with Crippen molar-refractivity contribution >= 4 is 16.6 Å². The summed E-state index contributed by atoms with van der Waals surface area (Å²) in [6.45, 7) is 1.73. The second kappa shape index (κ2) is 6.90. The van der Waals surface area contributed by atoms with Gasteiger partial charge in [-0.3, -0.25) is 0 Å². The number of fused-ring (bicyclic) bond motifs is 4. The molecule has 3 N–H and O–H groups in total. The Hall–Kier alpha value is -3.38. The molecule has 0 radical (unpaired) electrons. The van der Waals surface area contributed by atoms with E-state index in [9.17, 15) is 0 Å². The number of anilines is 1. The third-order valence-electron chi connectivity index (χ3n) is 5.53. The monoisotopic (exact) mass is 388 g/mol. The van der Waals surface area contributed by atoms with Gasteiger partial charge in [-0.15, -0.1) is 0 Å². The lowest BCUT2D eigenvalue weighted by atomic mass is 9.84. The van der Waals surface area contributed by atoms with Gasteiger partial charge >= 0.3 is 5.88 Å². The van der Waals surface area contributed by atoms with Crippen molar-refractivity contribution < 1.29 is 18.6 Å². The molecule has 0 fully saturated rings. The lowest BCUT2D eigenvalue weighted by Gasteiger charge is -2.26. The highest BCUT2D eigenvalue weighted by molar-refractivity contribution is 5.90. The molecule has 5 rings (SSSR count). The van der Waals surface area contributed by atoms with Gasteiger partial charge in [-0.05, 0) is 29.0 Å². The van der Waals surface area contributed by atoms with Crippen LogP contribution in [0.3, 0.4) is 0 Å². The van der Waals surface area contributed by atoms with Gasteiger partial charge in [-0.1, -0.05) is 35.3 Å². The zero-order valence-corrected chi connectivity index (χ0v) is 16.6. The fraction of sp³-hybridized carbons (Fsp3) is 0.217. The summed E-state index contributed by atoms with van der Waals surface area (Å²) in [5.41, 5.74) is 8.61. The molecule has 4 aromatic rings. The molecule has 1 aliphatic heterocycles. The minimum absolute atomic E-state index is 0.179. The summed E-state index contributed by atoms with van der Waals surface area (Å²) in [5.74, 6) is 2.65. The quantitative estimate of drug-likeness (QED) is 0.463. The van der Waals surface area contributed by atoms with Crippen molar-refractivity contribution in [3.8, 4) is 11.6 Å². The lowest BCUT2D eigenvalue weighted by molar-refractivity contribution is -0.882. The van der Waals surface area contributed by atoms with Crippen molar-refractivity contribution in [3.05, 3.63) is 78.0 Å². The van der Waals surface area contributed by atoms with Gasteiger partial charge in [0, 0.05) is 5.56 Å². The second-order valence-electron chi connectivity index (χ2n) is 7.75. The molecule has 6 nitrogen and oxygen atoms in total. The lowest BCUT2D eigenvalue weighted by Crippen LogP contribution is -3.06. The summed E-state index contributed by atoms with van der Waals surface area (Å²) in [6.07, 6.45) is 3.47. The molecule has 0 spiro atoms. The van der Waals surface area contributed by atoms with Crippen molar-refractivity contribution in [2.45, 2.75) is 12.5 Å². The van der Waals surface area contributed by atoms with Crippen LogP contribution in [0.1, 0.15) is 22.8 Å². The number of nitrogens with two attached hydrogens (primary N) is 1. The summed E-state index contributed by atoms with van der Waals surface area (Å²) in [5, 5.41) is 2.28. The van der Waals surface area contributed by atoms with E-state index in [1.165, 1.54) is 4.90 Å². The number of quaternary nitrogens is 1. The van der Waals surface area contributed by atoms with Crippen molar-refractivity contribution in [1.29, 1.82) is 0 Å². The summed E-state index contributed by atoms with van der Waals surface area (Å²) in [7, 11) is 4.25. The Kier molecular flexibility index (Phi) is 4.21. The fourth-order valence-electron chi connectivity index (χ4n) is 4.04. The Morgan fingerprint density at radius 1 is 1.07 bits per heavy atom. The van der Waals surface area contributed by atoms with Crippen LogP contribution in [0, 0.1) is 0 Å². The first-order chi connectivity index (χ1) is 14.1. The van der Waals surface area contributed by atoms with Crippen LogP contribution in [-0.2, 0) is 6.54 Å².